The number of ether oxygens (including phenoxy) is 2. The molecule has 0 spiro atoms. The number of nitrogens with one attached hydrogen (secondary N) is 2. The Morgan fingerprint density at radius 2 is 1.81 bits per heavy atom. The van der Waals surface area contributed by atoms with Gasteiger partial charge in [0.2, 0.25) is 0 Å². The maximum atomic E-state index is 12.3. The van der Waals surface area contributed by atoms with E-state index < -0.39 is 15.9 Å². The van der Waals surface area contributed by atoms with E-state index in [1.54, 1.807) is 24.3 Å². The Balaban J connectivity index is 2.14. The molecule has 2 rings (SSSR count). The molecule has 0 atom stereocenters. The van der Waals surface area contributed by atoms with Gasteiger partial charge in [-0.1, -0.05) is 12.1 Å². The molecule has 26 heavy (non-hydrogen) atoms. The molecule has 0 aromatic heterocycles. The number of hydrazine groups is 1. The summed E-state index contributed by atoms with van der Waals surface area (Å²) in [6, 6.07) is 10.9. The monoisotopic (exact) mass is 442 g/mol. The van der Waals surface area contributed by atoms with Crippen molar-refractivity contribution in [1.82, 2.24) is 10.3 Å². The smallest absolute Gasteiger partial charge is 0.266 e. The molecule has 140 valence electrons. The van der Waals surface area contributed by atoms with Gasteiger partial charge in [0.25, 0.3) is 15.9 Å². The second-order valence-electron chi connectivity index (χ2n) is 5.52. The third kappa shape index (κ3) is 4.96. The molecule has 0 radical (unpaired) electrons. The summed E-state index contributed by atoms with van der Waals surface area (Å²) in [7, 11) is -2.46. The molecule has 2 N–H and O–H groups in total. The van der Waals surface area contributed by atoms with Crippen molar-refractivity contribution in [2.45, 2.75) is 24.8 Å². The van der Waals surface area contributed by atoms with Crippen LogP contribution in [-0.4, -0.2) is 27.5 Å². The number of halogens is 1. The van der Waals surface area contributed by atoms with Crippen molar-refractivity contribution >= 4 is 31.9 Å². The van der Waals surface area contributed by atoms with E-state index in [1.165, 1.54) is 25.3 Å². The molecular weight excluding hydrogens is 424 g/mol. The number of methoxy groups -OCH3 is 1. The van der Waals surface area contributed by atoms with Gasteiger partial charge in [0, 0.05) is 10.0 Å². The third-order valence-electron chi connectivity index (χ3n) is 3.21. The highest BCUT2D eigenvalue weighted by molar-refractivity contribution is 9.10. The average Bonchev–Trinajstić information content (AvgIpc) is 2.59. The van der Waals surface area contributed by atoms with Gasteiger partial charge in [0.1, 0.15) is 0 Å². The fourth-order valence-electron chi connectivity index (χ4n) is 2.06. The zero-order valence-electron chi connectivity index (χ0n) is 14.4. The van der Waals surface area contributed by atoms with Crippen LogP contribution in [0.3, 0.4) is 0 Å². The van der Waals surface area contributed by atoms with Crippen LogP contribution >= 0.6 is 15.9 Å². The second-order valence-corrected chi connectivity index (χ2v) is 8.03. The van der Waals surface area contributed by atoms with E-state index in [0.29, 0.717) is 16.0 Å². The number of rotatable bonds is 7. The standard InChI is InChI=1S/C17H19BrN2O5S/c1-11(2)25-14-9-8-12(10-15(14)24-3)17(21)19-20-26(22,23)16-7-5-4-6-13(16)18/h4-11,20H,1-3H3,(H,19,21). The molecule has 0 bridgehead atoms. The predicted molar refractivity (Wildman–Crippen MR) is 101 cm³/mol. The number of benzene rings is 2. The normalized spacial score (nSPS) is 11.3. The first-order valence-corrected chi connectivity index (χ1v) is 9.93. The average molecular weight is 443 g/mol. The Morgan fingerprint density at radius 3 is 2.42 bits per heavy atom. The number of hydrogen-bond donors (Lipinski definition) is 2. The Morgan fingerprint density at radius 1 is 1.12 bits per heavy atom. The van der Waals surface area contributed by atoms with Gasteiger partial charge in [-0.05, 0) is 60.1 Å². The summed E-state index contributed by atoms with van der Waals surface area (Å²) in [4.78, 5) is 14.3. The maximum Gasteiger partial charge on any atom is 0.266 e. The Kier molecular flexibility index (Phi) is 6.63. The summed E-state index contributed by atoms with van der Waals surface area (Å²) in [6.07, 6.45) is -0.0558. The number of hydrogen-bond acceptors (Lipinski definition) is 5. The second kappa shape index (κ2) is 8.52. The van der Waals surface area contributed by atoms with Crippen molar-refractivity contribution in [3.8, 4) is 11.5 Å². The quantitative estimate of drug-likeness (QED) is 0.642. The van der Waals surface area contributed by atoms with Gasteiger partial charge in [0.05, 0.1) is 18.1 Å². The fraction of sp³-hybridized carbons (Fsp3) is 0.235. The fourth-order valence-corrected chi connectivity index (χ4v) is 3.91. The Bertz CT molecular complexity index is 900. The topological polar surface area (TPSA) is 93.7 Å². The van der Waals surface area contributed by atoms with Gasteiger partial charge >= 0.3 is 0 Å². The summed E-state index contributed by atoms with van der Waals surface area (Å²) in [5, 5.41) is 0. The summed E-state index contributed by atoms with van der Waals surface area (Å²) in [5.74, 6) is 0.239. The molecule has 0 aliphatic carbocycles. The number of carbonyl (C=O) groups is 1. The zero-order chi connectivity index (χ0) is 19.3. The van der Waals surface area contributed by atoms with Crippen LogP contribution in [0.25, 0.3) is 0 Å². The maximum absolute atomic E-state index is 12.3. The van der Waals surface area contributed by atoms with E-state index >= 15 is 0 Å². The SMILES string of the molecule is COc1cc(C(=O)NNS(=O)(=O)c2ccccc2Br)ccc1OC(C)C. The van der Waals surface area contributed by atoms with Gasteiger partial charge < -0.3 is 9.47 Å². The molecule has 0 saturated heterocycles. The highest BCUT2D eigenvalue weighted by atomic mass is 79.9. The van der Waals surface area contributed by atoms with Gasteiger partial charge in [-0.25, -0.2) is 8.42 Å². The number of carbonyl (C=O) groups excluding carboxylic acids is 1. The largest absolute Gasteiger partial charge is 0.493 e. The molecule has 2 aromatic rings. The van der Waals surface area contributed by atoms with Crippen LogP contribution in [0.1, 0.15) is 24.2 Å². The molecule has 7 nitrogen and oxygen atoms in total. The van der Waals surface area contributed by atoms with Crippen molar-refractivity contribution in [3.05, 3.63) is 52.5 Å². The third-order valence-corrected chi connectivity index (χ3v) is 5.47. The van der Waals surface area contributed by atoms with Crippen LogP contribution in [0.15, 0.2) is 51.8 Å². The number of sulfonamides is 1. The van der Waals surface area contributed by atoms with Crippen LogP contribution in [-0.2, 0) is 10.0 Å². The molecule has 1 amide bonds. The Hall–Kier alpha value is -2.10. The summed E-state index contributed by atoms with van der Waals surface area (Å²) >= 11 is 3.17. The highest BCUT2D eigenvalue weighted by Gasteiger charge is 2.19. The molecule has 0 saturated carbocycles. The van der Waals surface area contributed by atoms with E-state index in [-0.39, 0.29) is 16.6 Å². The molecule has 0 heterocycles. The minimum atomic E-state index is -3.92. The first-order chi connectivity index (χ1) is 12.2. The zero-order valence-corrected chi connectivity index (χ0v) is 16.8. The van der Waals surface area contributed by atoms with Crippen LogP contribution in [0.4, 0.5) is 0 Å². The highest BCUT2D eigenvalue weighted by Crippen LogP contribution is 2.29. The minimum absolute atomic E-state index is 0.0126. The van der Waals surface area contributed by atoms with Crippen LogP contribution in [0.5, 0.6) is 11.5 Å². The van der Waals surface area contributed by atoms with E-state index in [1.807, 2.05) is 13.8 Å². The van der Waals surface area contributed by atoms with Crippen LogP contribution in [0, 0.1) is 0 Å². The van der Waals surface area contributed by atoms with Gasteiger partial charge in [-0.3, -0.25) is 10.2 Å². The molecule has 0 unspecified atom stereocenters. The Labute approximate surface area is 160 Å². The van der Waals surface area contributed by atoms with Crippen molar-refractivity contribution in [2.24, 2.45) is 0 Å². The molecule has 9 heteroatoms. The molecule has 0 aliphatic rings. The lowest BCUT2D eigenvalue weighted by molar-refractivity contribution is 0.0944. The van der Waals surface area contributed by atoms with Crippen molar-refractivity contribution in [1.29, 1.82) is 0 Å². The van der Waals surface area contributed by atoms with E-state index in [4.69, 9.17) is 9.47 Å². The first kappa shape index (κ1) is 20.2. The van der Waals surface area contributed by atoms with E-state index in [2.05, 4.69) is 26.2 Å². The lowest BCUT2D eigenvalue weighted by atomic mass is 10.2. The lowest BCUT2D eigenvalue weighted by Gasteiger charge is -2.14. The van der Waals surface area contributed by atoms with Crippen molar-refractivity contribution in [2.75, 3.05) is 7.11 Å². The van der Waals surface area contributed by atoms with Crippen molar-refractivity contribution in [3.63, 3.8) is 0 Å². The molecule has 2 aromatic carbocycles. The molecule has 0 fully saturated rings. The van der Waals surface area contributed by atoms with Gasteiger partial charge in [-0.15, -0.1) is 4.83 Å². The van der Waals surface area contributed by atoms with Crippen LogP contribution in [0.2, 0.25) is 0 Å². The van der Waals surface area contributed by atoms with Gasteiger partial charge in [0.15, 0.2) is 11.5 Å². The van der Waals surface area contributed by atoms with Crippen LogP contribution < -0.4 is 19.7 Å². The van der Waals surface area contributed by atoms with Crippen molar-refractivity contribution < 1.29 is 22.7 Å². The summed E-state index contributed by atoms with van der Waals surface area (Å²) < 4.78 is 35.8. The number of amides is 1. The first-order valence-electron chi connectivity index (χ1n) is 7.66. The predicted octanol–water partition coefficient (Wildman–Crippen LogP) is 2.87. The minimum Gasteiger partial charge on any atom is -0.493 e. The summed E-state index contributed by atoms with van der Waals surface area (Å²) in [6.45, 7) is 3.74. The van der Waals surface area contributed by atoms with Gasteiger partial charge in [-0.2, -0.15) is 0 Å². The van der Waals surface area contributed by atoms with E-state index in [0.717, 1.165) is 0 Å². The molecular formula is C17H19BrN2O5S. The lowest BCUT2D eigenvalue weighted by Crippen LogP contribution is -2.41. The molecule has 0 aliphatic heterocycles. The van der Waals surface area contributed by atoms with E-state index in [9.17, 15) is 13.2 Å². The summed E-state index contributed by atoms with van der Waals surface area (Å²) in [5.41, 5.74) is 2.40.